The average Bonchev–Trinajstić information content (AvgIpc) is 2.66. The second-order valence-corrected chi connectivity index (χ2v) is 4.82. The van der Waals surface area contributed by atoms with Crippen LogP contribution in [-0.4, -0.2) is 26.5 Å². The number of carbonyl (C=O) groups excluding carboxylic acids is 1. The summed E-state index contributed by atoms with van der Waals surface area (Å²) < 4.78 is 1.69. The third kappa shape index (κ3) is 2.50. The number of benzene rings is 1. The predicted octanol–water partition coefficient (Wildman–Crippen LogP) is 2.12. The molecule has 6 nitrogen and oxygen atoms in total. The monoisotopic (exact) mass is 323 g/mol. The number of halogens is 1. The fraction of sp³-hybridized carbons (Fsp3) is 0.0833. The van der Waals surface area contributed by atoms with Gasteiger partial charge in [-0.05, 0) is 34.1 Å². The fourth-order valence-electron chi connectivity index (χ4n) is 1.67. The highest BCUT2D eigenvalue weighted by molar-refractivity contribution is 9.12. The van der Waals surface area contributed by atoms with E-state index in [0.29, 0.717) is 16.7 Å². The molecule has 1 aromatic heterocycles. The van der Waals surface area contributed by atoms with Crippen LogP contribution >= 0.6 is 15.9 Å². The van der Waals surface area contributed by atoms with E-state index in [9.17, 15) is 9.59 Å². The molecule has 0 radical (unpaired) electrons. The molecule has 0 atom stereocenters. The molecule has 0 saturated carbocycles. The van der Waals surface area contributed by atoms with E-state index in [1.165, 1.54) is 4.57 Å². The molecule has 0 aliphatic heterocycles. The molecular weight excluding hydrogens is 314 g/mol. The number of nitrogens with zero attached hydrogens (tertiary/aromatic N) is 2. The maximum Gasteiger partial charge on any atom is 0.372 e. The van der Waals surface area contributed by atoms with Crippen molar-refractivity contribution in [3.8, 4) is 0 Å². The number of amides is 1. The van der Waals surface area contributed by atoms with Gasteiger partial charge in [-0.3, -0.25) is 4.79 Å². The topological polar surface area (TPSA) is 84.2 Å². The number of hydrogen-bond donors (Lipinski definition) is 2. The highest BCUT2D eigenvalue weighted by Crippen LogP contribution is 2.20. The number of fused-ring (bicyclic) bond motifs is 1. The molecule has 1 aromatic carbocycles. The van der Waals surface area contributed by atoms with Gasteiger partial charge in [0.2, 0.25) is 5.82 Å². The highest BCUT2D eigenvalue weighted by atomic mass is 79.9. The number of hydrogen-bond acceptors (Lipinski definition) is 3. The summed E-state index contributed by atoms with van der Waals surface area (Å²) in [7, 11) is 1.62. The fourth-order valence-corrected chi connectivity index (χ4v) is 1.77. The van der Waals surface area contributed by atoms with Gasteiger partial charge in [0.15, 0.2) is 0 Å². The number of nitrogens with one attached hydrogen (secondary N) is 1. The Morgan fingerprint density at radius 1 is 1.47 bits per heavy atom. The van der Waals surface area contributed by atoms with Crippen LogP contribution in [0.4, 0.5) is 5.69 Å². The van der Waals surface area contributed by atoms with Crippen molar-refractivity contribution in [1.29, 1.82) is 0 Å². The van der Waals surface area contributed by atoms with E-state index in [0.717, 1.165) is 0 Å². The Morgan fingerprint density at radius 2 is 2.16 bits per heavy atom. The van der Waals surface area contributed by atoms with Crippen LogP contribution in [0.15, 0.2) is 29.3 Å². The molecule has 0 saturated heterocycles. The van der Waals surface area contributed by atoms with Gasteiger partial charge in [-0.2, -0.15) is 0 Å². The largest absolute Gasteiger partial charge is 0.475 e. The quantitative estimate of drug-likeness (QED) is 0.847. The molecular formula is C12H10BrN3O3. The summed E-state index contributed by atoms with van der Waals surface area (Å²) in [6.07, 6.45) is 0. The molecule has 2 aromatic rings. The Hall–Kier alpha value is -2.15. The molecule has 1 amide bonds. The number of aromatic nitrogens is 2. The normalized spacial score (nSPS) is 10.4. The van der Waals surface area contributed by atoms with Crippen molar-refractivity contribution in [2.45, 2.75) is 0 Å². The van der Waals surface area contributed by atoms with Crippen LogP contribution in [0.3, 0.4) is 0 Å². The first-order valence-electron chi connectivity index (χ1n) is 5.25. The van der Waals surface area contributed by atoms with Crippen LogP contribution in [-0.2, 0) is 11.8 Å². The van der Waals surface area contributed by atoms with Crippen LogP contribution in [0.5, 0.6) is 0 Å². The lowest BCUT2D eigenvalue weighted by Crippen LogP contribution is -2.10. The van der Waals surface area contributed by atoms with E-state index in [1.54, 1.807) is 25.2 Å². The number of aryl methyl sites for hydroxylation is 1. The van der Waals surface area contributed by atoms with E-state index in [2.05, 4.69) is 32.8 Å². The van der Waals surface area contributed by atoms with Crippen molar-refractivity contribution in [1.82, 2.24) is 9.55 Å². The second-order valence-electron chi connectivity index (χ2n) is 3.86. The van der Waals surface area contributed by atoms with Gasteiger partial charge in [-0.15, -0.1) is 0 Å². The van der Waals surface area contributed by atoms with Gasteiger partial charge in [0.1, 0.15) is 0 Å². The summed E-state index contributed by atoms with van der Waals surface area (Å²) >= 11 is 2.98. The summed E-state index contributed by atoms with van der Waals surface area (Å²) in [5.74, 6) is -1.52. The lowest BCUT2D eigenvalue weighted by Gasteiger charge is -2.03. The molecule has 0 bridgehead atoms. The van der Waals surface area contributed by atoms with Crippen molar-refractivity contribution in [2.75, 3.05) is 5.32 Å². The van der Waals surface area contributed by atoms with Gasteiger partial charge >= 0.3 is 5.97 Å². The molecule has 0 spiro atoms. The van der Waals surface area contributed by atoms with Gasteiger partial charge in [0.25, 0.3) is 5.91 Å². The molecule has 0 aliphatic carbocycles. The van der Waals surface area contributed by atoms with Gasteiger partial charge < -0.3 is 15.0 Å². The number of imidazole rings is 1. The Morgan fingerprint density at radius 3 is 2.74 bits per heavy atom. The van der Waals surface area contributed by atoms with E-state index in [-0.39, 0.29) is 16.2 Å². The molecule has 19 heavy (non-hydrogen) atoms. The Bertz CT molecular complexity index is 706. The first-order valence-corrected chi connectivity index (χ1v) is 6.05. The zero-order chi connectivity index (χ0) is 14.2. The van der Waals surface area contributed by atoms with Crippen LogP contribution in [0.25, 0.3) is 11.0 Å². The number of aromatic carboxylic acids is 1. The van der Waals surface area contributed by atoms with E-state index < -0.39 is 5.97 Å². The van der Waals surface area contributed by atoms with Crippen molar-refractivity contribution >= 4 is 44.5 Å². The van der Waals surface area contributed by atoms with Crippen molar-refractivity contribution in [3.05, 3.63) is 35.1 Å². The minimum Gasteiger partial charge on any atom is -0.475 e. The van der Waals surface area contributed by atoms with Crippen LogP contribution in [0, 0.1) is 0 Å². The number of carboxylic acids is 1. The minimum atomic E-state index is -1.10. The van der Waals surface area contributed by atoms with E-state index in [1.807, 2.05) is 0 Å². The molecule has 0 unspecified atom stereocenters. The summed E-state index contributed by atoms with van der Waals surface area (Å²) in [6, 6.07) is 4.97. The molecule has 7 heteroatoms. The van der Waals surface area contributed by atoms with Crippen LogP contribution in [0.2, 0.25) is 0 Å². The Kier molecular flexibility index (Phi) is 3.39. The highest BCUT2D eigenvalue weighted by Gasteiger charge is 2.14. The molecule has 0 aliphatic rings. The van der Waals surface area contributed by atoms with E-state index >= 15 is 0 Å². The Balaban J connectivity index is 2.44. The minimum absolute atomic E-state index is 0.0524. The van der Waals surface area contributed by atoms with E-state index in [4.69, 9.17) is 5.11 Å². The Labute approximate surface area is 116 Å². The standard InChI is InChI=1S/C12H10BrN3O3/c1-6(13)11(17)14-7-3-4-9-8(5-7)15-10(12(18)19)16(9)2/h3-5H,1H2,2H3,(H,14,17)(H,18,19). The number of carbonyl (C=O) groups is 2. The van der Waals surface area contributed by atoms with Crippen LogP contribution in [0.1, 0.15) is 10.6 Å². The van der Waals surface area contributed by atoms with Crippen molar-refractivity contribution in [2.24, 2.45) is 7.05 Å². The van der Waals surface area contributed by atoms with Gasteiger partial charge in [-0.1, -0.05) is 6.58 Å². The first-order chi connectivity index (χ1) is 8.90. The summed E-state index contributed by atoms with van der Waals surface area (Å²) in [5.41, 5.74) is 1.69. The van der Waals surface area contributed by atoms with Crippen molar-refractivity contribution in [3.63, 3.8) is 0 Å². The van der Waals surface area contributed by atoms with Gasteiger partial charge in [0, 0.05) is 12.7 Å². The number of anilines is 1. The predicted molar refractivity (Wildman–Crippen MR) is 74.4 cm³/mol. The van der Waals surface area contributed by atoms with Gasteiger partial charge in [0.05, 0.1) is 15.5 Å². The average molecular weight is 324 g/mol. The molecule has 2 N–H and O–H groups in total. The maximum absolute atomic E-state index is 11.5. The summed E-state index contributed by atoms with van der Waals surface area (Å²) in [6.45, 7) is 3.46. The lowest BCUT2D eigenvalue weighted by molar-refractivity contribution is -0.112. The summed E-state index contributed by atoms with van der Waals surface area (Å²) in [4.78, 5) is 26.4. The smallest absolute Gasteiger partial charge is 0.372 e. The summed E-state index contributed by atoms with van der Waals surface area (Å²) in [5, 5.41) is 11.6. The molecule has 1 heterocycles. The molecule has 98 valence electrons. The second kappa shape index (κ2) is 4.85. The zero-order valence-electron chi connectivity index (χ0n) is 9.98. The third-order valence-electron chi connectivity index (χ3n) is 2.58. The number of rotatable bonds is 3. The van der Waals surface area contributed by atoms with Crippen LogP contribution < -0.4 is 5.32 Å². The van der Waals surface area contributed by atoms with Crippen molar-refractivity contribution < 1.29 is 14.7 Å². The van der Waals surface area contributed by atoms with Gasteiger partial charge in [-0.25, -0.2) is 9.78 Å². The molecule has 2 rings (SSSR count). The molecule has 0 fully saturated rings. The maximum atomic E-state index is 11.5. The third-order valence-corrected chi connectivity index (χ3v) is 2.94. The zero-order valence-corrected chi connectivity index (χ0v) is 11.6. The number of carboxylic acid groups (broad SMARTS) is 1. The lowest BCUT2D eigenvalue weighted by atomic mass is 10.2. The first kappa shape index (κ1) is 13.3. The SMILES string of the molecule is C=C(Br)C(=O)Nc1ccc2c(c1)nc(C(=O)O)n2C.